The van der Waals surface area contributed by atoms with E-state index < -0.39 is 5.60 Å². The number of carbonyl (C=O) groups excluding carboxylic acids is 1. The van der Waals surface area contributed by atoms with Crippen LogP contribution in [-0.2, 0) is 4.74 Å². The summed E-state index contributed by atoms with van der Waals surface area (Å²) in [6, 6.07) is 1.96. The van der Waals surface area contributed by atoms with Crippen LogP contribution in [0.5, 0.6) is 0 Å². The molecular weight excluding hydrogens is 280 g/mol. The average Bonchev–Trinajstić information content (AvgIpc) is 2.35. The van der Waals surface area contributed by atoms with E-state index in [1.54, 1.807) is 12.4 Å². The van der Waals surface area contributed by atoms with Crippen molar-refractivity contribution in [1.29, 1.82) is 0 Å². The number of nitrogens with one attached hydrogen (secondary N) is 1. The van der Waals surface area contributed by atoms with Crippen molar-refractivity contribution in [2.24, 2.45) is 5.92 Å². The summed E-state index contributed by atoms with van der Waals surface area (Å²) in [5.41, 5.74) is 7.15. The molecule has 6 nitrogen and oxygen atoms in total. The van der Waals surface area contributed by atoms with Gasteiger partial charge in [-0.1, -0.05) is 6.92 Å². The van der Waals surface area contributed by atoms with Gasteiger partial charge in [0.25, 0.3) is 0 Å². The van der Waals surface area contributed by atoms with Gasteiger partial charge in [-0.15, -0.1) is 0 Å². The molecule has 22 heavy (non-hydrogen) atoms. The van der Waals surface area contributed by atoms with Crippen LogP contribution in [0.1, 0.15) is 34.1 Å². The first-order chi connectivity index (χ1) is 10.2. The van der Waals surface area contributed by atoms with Crippen molar-refractivity contribution in [2.75, 3.05) is 23.7 Å². The molecule has 0 unspecified atom stereocenters. The second kappa shape index (κ2) is 6.42. The molecule has 2 atom stereocenters. The van der Waals surface area contributed by atoms with E-state index in [-0.39, 0.29) is 12.1 Å². The Bertz CT molecular complexity index is 527. The van der Waals surface area contributed by atoms with E-state index in [0.717, 1.165) is 25.2 Å². The quantitative estimate of drug-likeness (QED) is 0.877. The van der Waals surface area contributed by atoms with Gasteiger partial charge in [0.1, 0.15) is 5.60 Å². The zero-order valence-corrected chi connectivity index (χ0v) is 13.8. The van der Waals surface area contributed by atoms with Crippen LogP contribution in [0.25, 0.3) is 0 Å². The number of hydrogen-bond acceptors (Lipinski definition) is 5. The largest absolute Gasteiger partial charge is 0.444 e. The summed E-state index contributed by atoms with van der Waals surface area (Å²) < 4.78 is 5.34. The summed E-state index contributed by atoms with van der Waals surface area (Å²) in [6.45, 7) is 9.39. The first-order valence-electron chi connectivity index (χ1n) is 7.68. The Labute approximate surface area is 132 Å². The lowest BCUT2D eigenvalue weighted by Gasteiger charge is -2.38. The lowest BCUT2D eigenvalue weighted by Crippen LogP contribution is -2.51. The van der Waals surface area contributed by atoms with E-state index in [1.807, 2.05) is 26.8 Å². The van der Waals surface area contributed by atoms with Crippen molar-refractivity contribution in [3.05, 3.63) is 18.5 Å². The van der Waals surface area contributed by atoms with Crippen LogP contribution in [-0.4, -0.2) is 35.8 Å². The van der Waals surface area contributed by atoms with Gasteiger partial charge < -0.3 is 20.7 Å². The Morgan fingerprint density at radius 3 is 2.82 bits per heavy atom. The molecule has 3 N–H and O–H groups in total. The van der Waals surface area contributed by atoms with Gasteiger partial charge in [0.15, 0.2) is 0 Å². The van der Waals surface area contributed by atoms with E-state index in [9.17, 15) is 4.79 Å². The lowest BCUT2D eigenvalue weighted by atomic mass is 9.95. The number of amides is 1. The summed E-state index contributed by atoms with van der Waals surface area (Å²) in [4.78, 5) is 18.2. The van der Waals surface area contributed by atoms with E-state index in [4.69, 9.17) is 10.5 Å². The van der Waals surface area contributed by atoms with Gasteiger partial charge in [-0.25, -0.2) is 4.79 Å². The maximum atomic E-state index is 12.0. The minimum Gasteiger partial charge on any atom is -0.444 e. The molecule has 1 amide bonds. The number of nitrogens with two attached hydrogens (primary N) is 1. The van der Waals surface area contributed by atoms with Crippen molar-refractivity contribution in [3.8, 4) is 0 Å². The van der Waals surface area contributed by atoms with E-state index in [2.05, 4.69) is 22.1 Å². The number of carbonyl (C=O) groups is 1. The number of nitrogen functional groups attached to an aromatic ring is 1. The first-order valence-corrected chi connectivity index (χ1v) is 7.68. The molecule has 6 heteroatoms. The van der Waals surface area contributed by atoms with Crippen LogP contribution in [0, 0.1) is 5.92 Å². The maximum absolute atomic E-state index is 12.0. The molecule has 1 aromatic rings. The van der Waals surface area contributed by atoms with Crippen LogP contribution in [0.3, 0.4) is 0 Å². The predicted octanol–water partition coefficient (Wildman–Crippen LogP) is 2.40. The molecule has 1 aliphatic rings. The van der Waals surface area contributed by atoms with Crippen molar-refractivity contribution >= 4 is 17.5 Å². The number of pyridine rings is 1. The molecule has 0 spiro atoms. The molecule has 1 saturated heterocycles. The average molecular weight is 306 g/mol. The summed E-state index contributed by atoms with van der Waals surface area (Å²) in [7, 11) is 0. The minimum atomic E-state index is -0.487. The molecule has 2 heterocycles. The van der Waals surface area contributed by atoms with Crippen LogP contribution in [0.2, 0.25) is 0 Å². The highest BCUT2D eigenvalue weighted by Crippen LogP contribution is 2.27. The highest BCUT2D eigenvalue weighted by atomic mass is 16.6. The predicted molar refractivity (Wildman–Crippen MR) is 87.8 cm³/mol. The maximum Gasteiger partial charge on any atom is 0.407 e. The van der Waals surface area contributed by atoms with Crippen molar-refractivity contribution in [2.45, 2.75) is 45.8 Å². The fourth-order valence-electron chi connectivity index (χ4n) is 2.81. The van der Waals surface area contributed by atoms with Gasteiger partial charge in [-0.05, 0) is 39.2 Å². The number of aromatic nitrogens is 1. The second-order valence-corrected chi connectivity index (χ2v) is 7.02. The van der Waals surface area contributed by atoms with Gasteiger partial charge in [-0.2, -0.15) is 0 Å². The summed E-state index contributed by atoms with van der Waals surface area (Å²) >= 11 is 0. The monoisotopic (exact) mass is 306 g/mol. The SMILES string of the molecule is C[C@H]1C[C@@H](NC(=O)OC(C)(C)C)CN(c2ccncc2N)C1. The highest BCUT2D eigenvalue weighted by Gasteiger charge is 2.28. The lowest BCUT2D eigenvalue weighted by molar-refractivity contribution is 0.0495. The molecule has 2 rings (SSSR count). The van der Waals surface area contributed by atoms with Crippen LogP contribution in [0.4, 0.5) is 16.2 Å². The van der Waals surface area contributed by atoms with Gasteiger partial charge in [0.2, 0.25) is 0 Å². The number of ether oxygens (including phenoxy) is 1. The fraction of sp³-hybridized carbons (Fsp3) is 0.625. The number of piperidine rings is 1. The Kier molecular flexibility index (Phi) is 4.78. The standard InChI is InChI=1S/C16H26N4O2/c1-11-7-12(19-15(21)22-16(2,3)4)10-20(9-11)14-5-6-18-8-13(14)17/h5-6,8,11-12H,7,9-10,17H2,1-4H3,(H,19,21)/t11-,12+/m0/s1. The normalized spacial score (nSPS) is 22.3. The Balaban J connectivity index is 2.02. The second-order valence-electron chi connectivity index (χ2n) is 7.02. The minimum absolute atomic E-state index is 0.0474. The molecule has 122 valence electrons. The number of alkyl carbamates (subject to hydrolysis) is 1. The Morgan fingerprint density at radius 2 is 2.18 bits per heavy atom. The highest BCUT2D eigenvalue weighted by molar-refractivity contribution is 5.69. The molecule has 0 bridgehead atoms. The van der Waals surface area contributed by atoms with Crippen molar-refractivity contribution in [1.82, 2.24) is 10.3 Å². The molecule has 1 fully saturated rings. The van der Waals surface area contributed by atoms with Crippen molar-refractivity contribution in [3.63, 3.8) is 0 Å². The fourth-order valence-corrected chi connectivity index (χ4v) is 2.81. The smallest absolute Gasteiger partial charge is 0.407 e. The Morgan fingerprint density at radius 1 is 1.45 bits per heavy atom. The van der Waals surface area contributed by atoms with Gasteiger partial charge in [0.05, 0.1) is 17.6 Å². The number of rotatable bonds is 2. The van der Waals surface area contributed by atoms with Crippen LogP contribution in [0.15, 0.2) is 18.5 Å². The molecule has 0 aromatic carbocycles. The number of nitrogens with zero attached hydrogens (tertiary/aromatic N) is 2. The summed E-state index contributed by atoms with van der Waals surface area (Å²) in [5, 5.41) is 2.97. The third kappa shape index (κ3) is 4.51. The van der Waals surface area contributed by atoms with Gasteiger partial charge >= 0.3 is 6.09 Å². The van der Waals surface area contributed by atoms with E-state index in [1.165, 1.54) is 0 Å². The molecule has 0 aliphatic carbocycles. The zero-order chi connectivity index (χ0) is 16.3. The molecule has 1 aromatic heterocycles. The van der Waals surface area contributed by atoms with Crippen molar-refractivity contribution < 1.29 is 9.53 Å². The van der Waals surface area contributed by atoms with Crippen LogP contribution < -0.4 is 16.0 Å². The molecular formula is C16H26N4O2. The molecule has 0 saturated carbocycles. The first kappa shape index (κ1) is 16.4. The Hall–Kier alpha value is -1.98. The summed E-state index contributed by atoms with van der Waals surface area (Å²) in [6.07, 6.45) is 3.96. The molecule has 1 aliphatic heterocycles. The van der Waals surface area contributed by atoms with Gasteiger partial charge in [-0.3, -0.25) is 4.98 Å². The number of hydrogen-bond donors (Lipinski definition) is 2. The number of anilines is 2. The van der Waals surface area contributed by atoms with Gasteiger partial charge in [0, 0.05) is 25.3 Å². The van der Waals surface area contributed by atoms with E-state index >= 15 is 0 Å². The third-order valence-electron chi connectivity index (χ3n) is 3.55. The zero-order valence-electron chi connectivity index (χ0n) is 13.8. The molecule has 0 radical (unpaired) electrons. The topological polar surface area (TPSA) is 80.5 Å². The van der Waals surface area contributed by atoms with E-state index in [0.29, 0.717) is 11.6 Å². The van der Waals surface area contributed by atoms with Crippen LogP contribution >= 0.6 is 0 Å². The summed E-state index contributed by atoms with van der Waals surface area (Å²) in [5.74, 6) is 0.459. The third-order valence-corrected chi connectivity index (χ3v) is 3.55.